The molecule has 5 heteroatoms. The van der Waals surface area contributed by atoms with Crippen LogP contribution in [-0.2, 0) is 0 Å². The molecule has 20 heavy (non-hydrogen) atoms. The largest absolute Gasteiger partial charge is 0.569 e. The molecule has 0 atom stereocenters. The maximum absolute atomic E-state index is 11.9. The summed E-state index contributed by atoms with van der Waals surface area (Å²) in [5, 5.41) is 8.17. The Bertz CT molecular complexity index is 399. The molecule has 2 nitrogen and oxygen atoms in total. The van der Waals surface area contributed by atoms with E-state index < -0.39 is 0 Å². The lowest BCUT2D eigenvalue weighted by atomic mass is 10.3. The molecule has 2 aromatic rings. The van der Waals surface area contributed by atoms with Crippen LogP contribution in [0.1, 0.15) is 14.4 Å². The van der Waals surface area contributed by atoms with Gasteiger partial charge in [0.1, 0.15) is 5.82 Å². The van der Waals surface area contributed by atoms with Crippen molar-refractivity contribution in [2.45, 2.75) is 14.4 Å². The fourth-order valence-corrected chi connectivity index (χ4v) is 0.975. The molecule has 0 spiro atoms. The molecular formula is C15H20BF2O2. The van der Waals surface area contributed by atoms with Gasteiger partial charge in [0.05, 0.1) is 12.4 Å². The van der Waals surface area contributed by atoms with Gasteiger partial charge >= 0.3 is 7.69 Å². The SMILES string of the molecule is C.CCF.Fc1ccccc1.O[B]Oc1ccccc1. The van der Waals surface area contributed by atoms with Crippen LogP contribution in [0.15, 0.2) is 60.7 Å². The predicted molar refractivity (Wildman–Crippen MR) is 79.8 cm³/mol. The molecule has 109 valence electrons. The first-order valence-electron chi connectivity index (χ1n) is 5.68. The number of benzene rings is 2. The van der Waals surface area contributed by atoms with Gasteiger partial charge < -0.3 is 9.68 Å². The Hall–Kier alpha value is -1.88. The van der Waals surface area contributed by atoms with Crippen LogP contribution in [0.5, 0.6) is 5.75 Å². The Morgan fingerprint density at radius 3 is 1.70 bits per heavy atom. The van der Waals surface area contributed by atoms with Gasteiger partial charge in [-0.2, -0.15) is 0 Å². The van der Waals surface area contributed by atoms with E-state index in [9.17, 15) is 8.78 Å². The van der Waals surface area contributed by atoms with Gasteiger partial charge in [-0.05, 0) is 31.2 Å². The highest BCUT2D eigenvalue weighted by atomic mass is 19.1. The quantitative estimate of drug-likeness (QED) is 0.842. The van der Waals surface area contributed by atoms with E-state index >= 15 is 0 Å². The molecule has 0 unspecified atom stereocenters. The molecule has 1 N–H and O–H groups in total. The van der Waals surface area contributed by atoms with E-state index in [1.54, 1.807) is 30.3 Å². The van der Waals surface area contributed by atoms with Crippen molar-refractivity contribution in [3.8, 4) is 5.75 Å². The predicted octanol–water partition coefficient (Wildman–Crippen LogP) is 4.03. The second-order valence-electron chi connectivity index (χ2n) is 3.10. The average Bonchev–Trinajstić information content (AvgIpc) is 2.43. The van der Waals surface area contributed by atoms with E-state index in [4.69, 9.17) is 5.02 Å². The molecule has 0 aliphatic carbocycles. The summed E-state index contributed by atoms with van der Waals surface area (Å²) in [6, 6.07) is 17.0. The Labute approximate surface area is 120 Å². The molecular weight excluding hydrogens is 261 g/mol. The third-order valence-corrected chi connectivity index (χ3v) is 1.67. The summed E-state index contributed by atoms with van der Waals surface area (Å²) in [6.07, 6.45) is 0. The topological polar surface area (TPSA) is 29.5 Å². The minimum Gasteiger partial charge on any atom is -0.537 e. The zero-order valence-corrected chi connectivity index (χ0v) is 10.7. The molecule has 2 aromatic carbocycles. The van der Waals surface area contributed by atoms with Gasteiger partial charge in [-0.25, -0.2) is 4.39 Å². The number of alkyl halides is 1. The van der Waals surface area contributed by atoms with Crippen LogP contribution in [0.4, 0.5) is 8.78 Å². The summed E-state index contributed by atoms with van der Waals surface area (Å²) in [7, 11) is 0.662. The summed E-state index contributed by atoms with van der Waals surface area (Å²) in [5.74, 6) is 0.461. The van der Waals surface area contributed by atoms with Crippen molar-refractivity contribution in [3.05, 3.63) is 66.5 Å². The van der Waals surface area contributed by atoms with Gasteiger partial charge in [0.25, 0.3) is 0 Å². The molecule has 0 aliphatic heterocycles. The van der Waals surface area contributed by atoms with E-state index in [-0.39, 0.29) is 19.9 Å². The highest BCUT2D eigenvalue weighted by Gasteiger charge is 1.88. The highest BCUT2D eigenvalue weighted by Crippen LogP contribution is 2.06. The van der Waals surface area contributed by atoms with Gasteiger partial charge in [0.15, 0.2) is 0 Å². The summed E-state index contributed by atoms with van der Waals surface area (Å²) in [4.78, 5) is 0. The summed E-state index contributed by atoms with van der Waals surface area (Å²) >= 11 is 0. The Kier molecular flexibility index (Phi) is 15.5. The molecule has 0 saturated heterocycles. The smallest absolute Gasteiger partial charge is 0.537 e. The highest BCUT2D eigenvalue weighted by molar-refractivity contribution is 6.17. The van der Waals surface area contributed by atoms with Crippen molar-refractivity contribution in [2.24, 2.45) is 0 Å². The minimum atomic E-state index is -0.250. The number of rotatable bonds is 2. The Morgan fingerprint density at radius 1 is 1.00 bits per heavy atom. The van der Waals surface area contributed by atoms with Crippen LogP contribution in [0.25, 0.3) is 0 Å². The van der Waals surface area contributed by atoms with Crippen LogP contribution in [0.3, 0.4) is 0 Å². The average molecular weight is 281 g/mol. The van der Waals surface area contributed by atoms with Crippen LogP contribution in [-0.4, -0.2) is 19.4 Å². The molecule has 0 fully saturated rings. The standard InChI is InChI=1S/C6H6BO2.C6H5F.C2H5F.CH4/c8-7-9-6-4-2-1-3-5-6;7-6-4-2-1-3-5-6;1-2-3;/h1-5,8H;1-5H;2H2,1H3;1H4. The van der Waals surface area contributed by atoms with Gasteiger partial charge in [-0.3, -0.25) is 4.39 Å². The van der Waals surface area contributed by atoms with Crippen molar-refractivity contribution in [1.82, 2.24) is 0 Å². The summed E-state index contributed by atoms with van der Waals surface area (Å²) < 4.78 is 26.8. The van der Waals surface area contributed by atoms with Crippen LogP contribution >= 0.6 is 0 Å². The first-order valence-corrected chi connectivity index (χ1v) is 5.68. The van der Waals surface area contributed by atoms with E-state index in [0.717, 1.165) is 0 Å². The van der Waals surface area contributed by atoms with Crippen LogP contribution < -0.4 is 4.65 Å². The van der Waals surface area contributed by atoms with Gasteiger partial charge in [0, 0.05) is 0 Å². The number of para-hydroxylation sites is 1. The fourth-order valence-electron chi connectivity index (χ4n) is 0.975. The molecule has 0 aliphatic rings. The van der Waals surface area contributed by atoms with Gasteiger partial charge in [-0.15, -0.1) is 0 Å². The first-order chi connectivity index (χ1) is 9.24. The lowest BCUT2D eigenvalue weighted by Gasteiger charge is -1.97. The first kappa shape index (κ1) is 20.4. The maximum Gasteiger partial charge on any atom is 0.569 e. The van der Waals surface area contributed by atoms with Crippen molar-refractivity contribution < 1.29 is 18.5 Å². The molecule has 0 saturated carbocycles. The van der Waals surface area contributed by atoms with E-state index in [1.807, 2.05) is 18.2 Å². The molecule has 0 heterocycles. The van der Waals surface area contributed by atoms with Crippen LogP contribution in [0, 0.1) is 5.82 Å². The second kappa shape index (κ2) is 15.2. The number of halogens is 2. The van der Waals surface area contributed by atoms with Crippen LogP contribution in [0.2, 0.25) is 0 Å². The third-order valence-electron chi connectivity index (χ3n) is 1.67. The molecule has 0 aromatic heterocycles. The van der Waals surface area contributed by atoms with Crippen molar-refractivity contribution in [1.29, 1.82) is 0 Å². The second-order valence-corrected chi connectivity index (χ2v) is 3.10. The third kappa shape index (κ3) is 12.6. The van der Waals surface area contributed by atoms with Crippen molar-refractivity contribution >= 4 is 7.69 Å². The van der Waals surface area contributed by atoms with Gasteiger partial charge in [-0.1, -0.05) is 43.8 Å². The summed E-state index contributed by atoms with van der Waals surface area (Å²) in [6.45, 7) is 1.21. The molecule has 0 bridgehead atoms. The zero-order valence-electron chi connectivity index (χ0n) is 10.7. The van der Waals surface area contributed by atoms with E-state index in [2.05, 4.69) is 4.65 Å². The molecule has 1 radical (unpaired) electrons. The summed E-state index contributed by atoms with van der Waals surface area (Å²) in [5.41, 5.74) is 0. The number of hydrogen-bond donors (Lipinski definition) is 1. The molecule has 0 amide bonds. The Morgan fingerprint density at radius 2 is 1.40 bits per heavy atom. The lowest BCUT2D eigenvalue weighted by molar-refractivity contribution is 0.454. The van der Waals surface area contributed by atoms with E-state index in [1.165, 1.54) is 19.1 Å². The van der Waals surface area contributed by atoms with Crippen molar-refractivity contribution in [3.63, 3.8) is 0 Å². The van der Waals surface area contributed by atoms with E-state index in [0.29, 0.717) is 13.4 Å². The molecule has 2 rings (SSSR count). The van der Waals surface area contributed by atoms with Crippen molar-refractivity contribution in [2.75, 3.05) is 6.67 Å². The lowest BCUT2D eigenvalue weighted by Crippen LogP contribution is -1.98. The minimum absolute atomic E-state index is 0. The monoisotopic (exact) mass is 281 g/mol. The zero-order chi connectivity index (χ0) is 14.3. The fraction of sp³-hybridized carbons (Fsp3) is 0.200. The van der Waals surface area contributed by atoms with Gasteiger partial charge in [0.2, 0.25) is 0 Å². The normalized spacial score (nSPS) is 7.80. The maximum atomic E-state index is 11.9. The Balaban J connectivity index is 0. The number of hydrogen-bond acceptors (Lipinski definition) is 2.